The van der Waals surface area contributed by atoms with E-state index in [0.717, 1.165) is 39.0 Å². The van der Waals surface area contributed by atoms with E-state index in [2.05, 4.69) is 44.1 Å². The maximum Gasteiger partial charge on any atom is 0.282 e. The standard InChI is InChI=1S/C29H44FN7O3.ClH/c1-7-37(20(4)5)28(39)23-12-21(30)8-9-25(23)40-27-26(32-18-33-34-27)35-11-10-29(15-35)16-36(17-29)24(19(2)3)13-22(38)14-31-6;/h8-9,12,18-20,22,24,31,38H,7,10-11,13-17H2,1-6H3;1H. The highest BCUT2D eigenvalue weighted by atomic mass is 35.5. The highest BCUT2D eigenvalue weighted by Crippen LogP contribution is 2.44. The molecule has 12 heteroatoms. The van der Waals surface area contributed by atoms with Crippen molar-refractivity contribution in [2.75, 3.05) is 51.2 Å². The summed E-state index contributed by atoms with van der Waals surface area (Å²) in [6, 6.07) is 4.21. The molecule has 2 saturated heterocycles. The van der Waals surface area contributed by atoms with Crippen molar-refractivity contribution in [2.24, 2.45) is 11.3 Å². The lowest BCUT2D eigenvalue weighted by Gasteiger charge is -2.53. The molecule has 4 rings (SSSR count). The lowest BCUT2D eigenvalue weighted by atomic mass is 9.76. The number of carbonyl (C=O) groups is 1. The van der Waals surface area contributed by atoms with Crippen LogP contribution in [-0.2, 0) is 0 Å². The molecule has 2 fully saturated rings. The third-order valence-electron chi connectivity index (χ3n) is 8.18. The molecule has 1 spiro atoms. The lowest BCUT2D eigenvalue weighted by molar-refractivity contribution is -0.0456. The van der Waals surface area contributed by atoms with Crippen molar-refractivity contribution in [3.63, 3.8) is 0 Å². The van der Waals surface area contributed by atoms with Gasteiger partial charge in [-0.05, 0) is 64.8 Å². The number of hydrogen-bond acceptors (Lipinski definition) is 9. The average molecular weight is 594 g/mol. The summed E-state index contributed by atoms with van der Waals surface area (Å²) in [6.07, 6.45) is 2.79. The number of rotatable bonds is 12. The number of aliphatic hydroxyl groups excluding tert-OH is 1. The molecule has 0 radical (unpaired) electrons. The number of hydrogen-bond donors (Lipinski definition) is 2. The van der Waals surface area contributed by atoms with Crippen LogP contribution in [0, 0.1) is 17.2 Å². The molecular formula is C29H45ClFN7O3. The Morgan fingerprint density at radius 2 is 1.98 bits per heavy atom. The Bertz CT molecular complexity index is 1160. The van der Waals surface area contributed by atoms with Crippen LogP contribution in [-0.4, -0.2) is 100 Å². The van der Waals surface area contributed by atoms with Gasteiger partial charge < -0.3 is 25.0 Å². The van der Waals surface area contributed by atoms with Gasteiger partial charge in [0.05, 0.1) is 11.7 Å². The van der Waals surface area contributed by atoms with Crippen molar-refractivity contribution < 1.29 is 19.0 Å². The van der Waals surface area contributed by atoms with Crippen molar-refractivity contribution in [1.29, 1.82) is 0 Å². The Hall–Kier alpha value is -2.60. The van der Waals surface area contributed by atoms with E-state index in [1.54, 1.807) is 4.90 Å². The molecule has 0 aliphatic carbocycles. The Balaban J connectivity index is 0.00000462. The summed E-state index contributed by atoms with van der Waals surface area (Å²) in [7, 11) is 1.86. The third-order valence-corrected chi connectivity index (χ3v) is 8.18. The number of carbonyl (C=O) groups excluding carboxylic acids is 1. The second-order valence-corrected chi connectivity index (χ2v) is 11.9. The predicted octanol–water partition coefficient (Wildman–Crippen LogP) is 3.60. The number of halogens is 2. The second kappa shape index (κ2) is 14.0. The van der Waals surface area contributed by atoms with Gasteiger partial charge in [-0.1, -0.05) is 13.8 Å². The smallest absolute Gasteiger partial charge is 0.282 e. The van der Waals surface area contributed by atoms with Gasteiger partial charge in [0.25, 0.3) is 11.8 Å². The Morgan fingerprint density at radius 3 is 2.61 bits per heavy atom. The fourth-order valence-corrected chi connectivity index (χ4v) is 6.17. The van der Waals surface area contributed by atoms with Gasteiger partial charge in [0, 0.05) is 56.8 Å². The van der Waals surface area contributed by atoms with E-state index >= 15 is 0 Å². The minimum absolute atomic E-state index is 0. The second-order valence-electron chi connectivity index (χ2n) is 11.9. The number of benzene rings is 1. The van der Waals surface area contributed by atoms with E-state index in [1.165, 1.54) is 24.5 Å². The highest BCUT2D eigenvalue weighted by Gasteiger charge is 2.50. The van der Waals surface area contributed by atoms with Crippen LogP contribution in [0.15, 0.2) is 24.5 Å². The van der Waals surface area contributed by atoms with Crippen LogP contribution in [0.25, 0.3) is 0 Å². The Morgan fingerprint density at radius 1 is 1.24 bits per heavy atom. The van der Waals surface area contributed by atoms with E-state index in [-0.39, 0.29) is 53.1 Å². The lowest BCUT2D eigenvalue weighted by Crippen LogP contribution is -2.62. The first-order valence-electron chi connectivity index (χ1n) is 14.3. The summed E-state index contributed by atoms with van der Waals surface area (Å²) >= 11 is 0. The molecule has 3 heterocycles. The molecule has 10 nitrogen and oxygen atoms in total. The van der Waals surface area contributed by atoms with Gasteiger partial charge in [-0.15, -0.1) is 22.6 Å². The van der Waals surface area contributed by atoms with Gasteiger partial charge in [0.15, 0.2) is 5.82 Å². The number of aromatic nitrogens is 3. The van der Waals surface area contributed by atoms with E-state index in [4.69, 9.17) is 4.74 Å². The van der Waals surface area contributed by atoms with Gasteiger partial charge in [-0.3, -0.25) is 9.69 Å². The zero-order valence-corrected chi connectivity index (χ0v) is 25.8. The molecule has 1 aromatic heterocycles. The molecule has 0 bridgehead atoms. The molecular weight excluding hydrogens is 549 g/mol. The number of anilines is 1. The fourth-order valence-electron chi connectivity index (χ4n) is 6.17. The molecule has 2 aliphatic rings. The molecule has 228 valence electrons. The van der Waals surface area contributed by atoms with Crippen LogP contribution >= 0.6 is 12.4 Å². The van der Waals surface area contributed by atoms with Crippen LogP contribution in [0.3, 0.4) is 0 Å². The maximum absolute atomic E-state index is 14.2. The van der Waals surface area contributed by atoms with Crippen LogP contribution in [0.2, 0.25) is 0 Å². The summed E-state index contributed by atoms with van der Waals surface area (Å²) in [4.78, 5) is 24.1. The molecule has 1 aromatic carbocycles. The monoisotopic (exact) mass is 593 g/mol. The number of nitrogens with one attached hydrogen (secondary N) is 1. The van der Waals surface area contributed by atoms with Crippen molar-refractivity contribution in [2.45, 2.75) is 65.6 Å². The maximum atomic E-state index is 14.2. The van der Waals surface area contributed by atoms with Gasteiger partial charge in [-0.25, -0.2) is 9.37 Å². The van der Waals surface area contributed by atoms with E-state index in [0.29, 0.717) is 30.9 Å². The molecule has 2 aliphatic heterocycles. The minimum Gasteiger partial charge on any atom is -0.434 e. The molecule has 2 N–H and O–H groups in total. The molecule has 41 heavy (non-hydrogen) atoms. The summed E-state index contributed by atoms with van der Waals surface area (Å²) in [6.45, 7) is 14.8. The van der Waals surface area contributed by atoms with Crippen molar-refractivity contribution in [3.8, 4) is 11.6 Å². The van der Waals surface area contributed by atoms with Crippen LogP contribution in [0.4, 0.5) is 10.2 Å². The SMILES string of the molecule is CCN(C(=O)c1cc(F)ccc1Oc1nncnc1N1CCC2(C1)CN(C(CC(O)CNC)C(C)C)C2)C(C)C.Cl. The normalized spacial score (nSPS) is 17.9. The Kier molecular flexibility index (Phi) is 11.3. The Labute approximate surface area is 249 Å². The van der Waals surface area contributed by atoms with E-state index < -0.39 is 5.82 Å². The quantitative estimate of drug-likeness (QED) is 0.382. The summed E-state index contributed by atoms with van der Waals surface area (Å²) < 4.78 is 20.4. The predicted molar refractivity (Wildman–Crippen MR) is 159 cm³/mol. The number of likely N-dealkylation sites (tertiary alicyclic amines) is 1. The molecule has 2 atom stereocenters. The molecule has 0 saturated carbocycles. The first-order valence-corrected chi connectivity index (χ1v) is 14.3. The first kappa shape index (κ1) is 32.9. The zero-order chi connectivity index (χ0) is 29.0. The fraction of sp³-hybridized carbons (Fsp3) is 0.655. The van der Waals surface area contributed by atoms with Gasteiger partial charge in [0.2, 0.25) is 0 Å². The van der Waals surface area contributed by atoms with Crippen molar-refractivity contribution in [1.82, 2.24) is 30.3 Å². The number of likely N-dealkylation sites (N-methyl/N-ethyl adjacent to an activating group) is 1. The largest absolute Gasteiger partial charge is 0.434 e. The number of nitrogens with zero attached hydrogens (tertiary/aromatic N) is 6. The van der Waals surface area contributed by atoms with Gasteiger partial charge in [0.1, 0.15) is 17.9 Å². The van der Waals surface area contributed by atoms with Crippen molar-refractivity contribution >= 4 is 24.1 Å². The van der Waals surface area contributed by atoms with Gasteiger partial charge >= 0.3 is 0 Å². The van der Waals surface area contributed by atoms with Crippen LogP contribution < -0.4 is 15.0 Å². The number of aliphatic hydroxyl groups is 1. The molecule has 1 amide bonds. The first-order chi connectivity index (χ1) is 19.1. The molecule has 2 unspecified atom stereocenters. The number of amides is 1. The summed E-state index contributed by atoms with van der Waals surface area (Å²) in [5.74, 6) is 0.604. The van der Waals surface area contributed by atoms with E-state index in [9.17, 15) is 14.3 Å². The topological polar surface area (TPSA) is 107 Å². The van der Waals surface area contributed by atoms with Crippen molar-refractivity contribution in [3.05, 3.63) is 35.9 Å². The highest BCUT2D eigenvalue weighted by molar-refractivity contribution is 5.97. The zero-order valence-electron chi connectivity index (χ0n) is 25.0. The third kappa shape index (κ3) is 7.43. The van der Waals surface area contributed by atoms with Gasteiger partial charge in [-0.2, -0.15) is 0 Å². The van der Waals surface area contributed by atoms with Crippen LogP contribution in [0.1, 0.15) is 57.8 Å². The molecule has 2 aromatic rings. The van der Waals surface area contributed by atoms with E-state index in [1.807, 2.05) is 27.8 Å². The minimum atomic E-state index is -0.512. The summed E-state index contributed by atoms with van der Waals surface area (Å²) in [5, 5.41) is 21.6. The average Bonchev–Trinajstić information content (AvgIpc) is 3.34. The van der Waals surface area contributed by atoms with Crippen LogP contribution in [0.5, 0.6) is 11.6 Å². The number of ether oxygens (including phenoxy) is 1. The summed E-state index contributed by atoms with van der Waals surface area (Å²) in [5.41, 5.74) is 0.277.